The van der Waals surface area contributed by atoms with E-state index < -0.39 is 0 Å². The van der Waals surface area contributed by atoms with E-state index in [0.29, 0.717) is 4.83 Å². The summed E-state index contributed by atoms with van der Waals surface area (Å²) in [5, 5.41) is 0. The van der Waals surface area contributed by atoms with Crippen molar-refractivity contribution in [2.24, 2.45) is 29.6 Å². The molecule has 2 heteroatoms. The van der Waals surface area contributed by atoms with Gasteiger partial charge < -0.3 is 0 Å². The lowest BCUT2D eigenvalue weighted by atomic mass is 9.97. The Hall–Kier alpha value is 0.180. The second-order valence-electron chi connectivity index (χ2n) is 6.42. The number of fused-ring (bicyclic) bond motifs is 5. The molecule has 3 aliphatic carbocycles. The predicted molar refractivity (Wildman–Crippen MR) is 81.9 cm³/mol. The molecule has 0 amide bonds. The van der Waals surface area contributed by atoms with Crippen LogP contribution in [-0.2, 0) is 6.42 Å². The summed E-state index contributed by atoms with van der Waals surface area (Å²) in [5.41, 5.74) is 1.46. The topological polar surface area (TPSA) is 0 Å². The lowest BCUT2D eigenvalue weighted by Crippen LogP contribution is -2.12. The average molecular weight is 370 g/mol. The molecule has 0 nitrogen and oxygen atoms in total. The van der Waals surface area contributed by atoms with Gasteiger partial charge in [-0.2, -0.15) is 0 Å². The smallest absolute Gasteiger partial charge is 0.0220 e. The Kier molecular flexibility index (Phi) is 2.89. The van der Waals surface area contributed by atoms with Crippen LogP contribution in [0.2, 0.25) is 0 Å². The van der Waals surface area contributed by atoms with E-state index in [-0.39, 0.29) is 0 Å². The zero-order valence-corrected chi connectivity index (χ0v) is 13.5. The van der Waals surface area contributed by atoms with Gasteiger partial charge in [0.15, 0.2) is 0 Å². The first-order valence-electron chi connectivity index (χ1n) is 7.12. The van der Waals surface area contributed by atoms with Crippen molar-refractivity contribution < 1.29 is 0 Å². The van der Waals surface area contributed by atoms with Crippen LogP contribution < -0.4 is 0 Å². The van der Waals surface area contributed by atoms with Gasteiger partial charge in [-0.25, -0.2) is 0 Å². The van der Waals surface area contributed by atoms with Crippen molar-refractivity contribution in [1.29, 1.82) is 0 Å². The van der Waals surface area contributed by atoms with Crippen molar-refractivity contribution >= 4 is 31.9 Å². The van der Waals surface area contributed by atoms with Gasteiger partial charge in [0.05, 0.1) is 0 Å². The van der Waals surface area contributed by atoms with E-state index in [1.54, 1.807) is 6.42 Å². The summed E-state index contributed by atoms with van der Waals surface area (Å²) >= 11 is 7.56. The van der Waals surface area contributed by atoms with Gasteiger partial charge in [0.1, 0.15) is 0 Å². The molecule has 2 bridgehead atoms. The van der Waals surface area contributed by atoms with Crippen LogP contribution >= 0.6 is 31.9 Å². The lowest BCUT2D eigenvalue weighted by Gasteiger charge is -2.14. The Labute approximate surface area is 126 Å². The molecule has 0 aromatic heterocycles. The van der Waals surface area contributed by atoms with Gasteiger partial charge >= 0.3 is 0 Å². The maximum absolute atomic E-state index is 3.99. The zero-order valence-electron chi connectivity index (χ0n) is 10.4. The molecule has 4 rings (SSSR count). The van der Waals surface area contributed by atoms with Gasteiger partial charge in [0.2, 0.25) is 0 Å². The van der Waals surface area contributed by atoms with Crippen molar-refractivity contribution in [2.45, 2.75) is 30.5 Å². The van der Waals surface area contributed by atoms with Crippen LogP contribution in [0.1, 0.15) is 24.8 Å². The van der Waals surface area contributed by atoms with Crippen molar-refractivity contribution in [2.75, 3.05) is 0 Å². The third-order valence-electron chi connectivity index (χ3n) is 5.53. The Bertz CT molecular complexity index is 454. The van der Waals surface area contributed by atoms with Crippen LogP contribution in [0.3, 0.4) is 0 Å². The molecule has 0 heterocycles. The zero-order chi connectivity index (χ0) is 12.3. The first kappa shape index (κ1) is 12.0. The van der Waals surface area contributed by atoms with Crippen molar-refractivity contribution in [1.82, 2.24) is 0 Å². The van der Waals surface area contributed by atoms with E-state index in [4.69, 9.17) is 0 Å². The number of hydrogen-bond donors (Lipinski definition) is 0. The summed E-state index contributed by atoms with van der Waals surface area (Å²) in [7, 11) is 0. The fourth-order valence-electron chi connectivity index (χ4n) is 4.90. The fourth-order valence-corrected chi connectivity index (χ4v) is 6.43. The van der Waals surface area contributed by atoms with E-state index in [1.807, 2.05) is 0 Å². The van der Waals surface area contributed by atoms with Crippen molar-refractivity contribution in [3.05, 3.63) is 34.3 Å². The number of benzene rings is 1. The molecule has 0 spiro atoms. The largest absolute Gasteiger partial charge is 0.0884 e. The molecule has 18 heavy (non-hydrogen) atoms. The molecule has 1 aromatic rings. The van der Waals surface area contributed by atoms with E-state index in [9.17, 15) is 0 Å². The Morgan fingerprint density at radius 2 is 1.89 bits per heavy atom. The standard InChI is InChI=1S/C16H18Br2/c17-12-3-1-2-9(6-12)7-13(18)16-14-10-4-5-11(8-10)15(14)16/h1-3,6,10-11,13-16H,4-5,7-8H2. The van der Waals surface area contributed by atoms with Crippen LogP contribution in [0.15, 0.2) is 28.7 Å². The lowest BCUT2D eigenvalue weighted by molar-refractivity contribution is 0.455. The molecule has 1 aromatic carbocycles. The molecule has 5 atom stereocenters. The van der Waals surface area contributed by atoms with Gasteiger partial charge in [-0.05, 0) is 73.0 Å². The molecule has 0 radical (unpaired) electrons. The first-order chi connectivity index (χ1) is 8.74. The van der Waals surface area contributed by atoms with Crippen LogP contribution in [0.4, 0.5) is 0 Å². The van der Waals surface area contributed by atoms with E-state index >= 15 is 0 Å². The third-order valence-corrected chi connectivity index (χ3v) is 6.96. The molecule has 0 saturated heterocycles. The number of hydrogen-bond acceptors (Lipinski definition) is 0. The molecule has 3 saturated carbocycles. The maximum Gasteiger partial charge on any atom is 0.0220 e. The molecule has 3 aliphatic rings. The number of alkyl halides is 1. The molecular formula is C16H18Br2. The number of rotatable bonds is 3. The minimum atomic E-state index is 0.699. The minimum absolute atomic E-state index is 0.699. The van der Waals surface area contributed by atoms with Crippen LogP contribution in [0.25, 0.3) is 0 Å². The predicted octanol–water partition coefficient (Wildman–Crippen LogP) is 5.05. The highest BCUT2D eigenvalue weighted by atomic mass is 79.9. The highest BCUT2D eigenvalue weighted by Gasteiger charge is 2.66. The van der Waals surface area contributed by atoms with Crippen LogP contribution in [0.5, 0.6) is 0 Å². The quantitative estimate of drug-likeness (QED) is 0.654. The number of halogens is 2. The summed E-state index contributed by atoms with van der Waals surface area (Å²) in [4.78, 5) is 0.699. The van der Waals surface area contributed by atoms with Gasteiger partial charge in [-0.15, -0.1) is 0 Å². The third kappa shape index (κ3) is 1.83. The first-order valence-corrected chi connectivity index (χ1v) is 8.83. The second-order valence-corrected chi connectivity index (χ2v) is 8.51. The Morgan fingerprint density at radius 1 is 1.17 bits per heavy atom. The summed E-state index contributed by atoms with van der Waals surface area (Å²) in [5.74, 6) is 5.33. The average Bonchev–Trinajstić information content (AvgIpc) is 2.79. The van der Waals surface area contributed by atoms with Crippen molar-refractivity contribution in [3.8, 4) is 0 Å². The maximum atomic E-state index is 3.99. The van der Waals surface area contributed by atoms with Crippen LogP contribution in [-0.4, -0.2) is 4.83 Å². The normalized spacial score (nSPS) is 41.8. The summed E-state index contributed by atoms with van der Waals surface area (Å²) in [6.07, 6.45) is 5.80. The minimum Gasteiger partial charge on any atom is -0.0884 e. The molecule has 3 fully saturated rings. The van der Waals surface area contributed by atoms with E-state index in [0.717, 1.165) is 29.6 Å². The molecule has 0 N–H and O–H groups in total. The van der Waals surface area contributed by atoms with Gasteiger partial charge in [-0.3, -0.25) is 0 Å². The van der Waals surface area contributed by atoms with Gasteiger partial charge in [-0.1, -0.05) is 44.0 Å². The van der Waals surface area contributed by atoms with Gasteiger partial charge in [0.25, 0.3) is 0 Å². The van der Waals surface area contributed by atoms with Crippen LogP contribution in [0, 0.1) is 29.6 Å². The highest BCUT2D eigenvalue weighted by molar-refractivity contribution is 9.10. The summed E-state index contributed by atoms with van der Waals surface area (Å²) in [6.45, 7) is 0. The van der Waals surface area contributed by atoms with E-state index in [2.05, 4.69) is 56.1 Å². The SMILES string of the molecule is Brc1cccc(CC(Br)C2C3C4CCC(C4)C23)c1. The summed E-state index contributed by atoms with van der Waals surface area (Å²) in [6, 6.07) is 8.78. The van der Waals surface area contributed by atoms with Crippen molar-refractivity contribution in [3.63, 3.8) is 0 Å². The fraction of sp³-hybridized carbons (Fsp3) is 0.625. The second kappa shape index (κ2) is 4.34. The highest BCUT2D eigenvalue weighted by Crippen LogP contribution is 2.71. The Morgan fingerprint density at radius 3 is 2.56 bits per heavy atom. The van der Waals surface area contributed by atoms with E-state index in [1.165, 1.54) is 29.3 Å². The molecule has 96 valence electrons. The Balaban J connectivity index is 1.45. The van der Waals surface area contributed by atoms with Gasteiger partial charge in [0, 0.05) is 9.30 Å². The monoisotopic (exact) mass is 368 g/mol. The molecule has 5 unspecified atom stereocenters. The molecular weight excluding hydrogens is 352 g/mol. The summed E-state index contributed by atoms with van der Waals surface area (Å²) < 4.78 is 1.20. The molecule has 0 aliphatic heterocycles.